The molecule has 0 fully saturated rings. The molecule has 1 rings (SSSR count). The lowest BCUT2D eigenvalue weighted by molar-refractivity contribution is -0.121. The molecular weight excluding hydrogens is 222 g/mol. The lowest BCUT2D eigenvalue weighted by Gasteiger charge is -2.14. The molecule has 1 aromatic carbocycles. The van der Waals surface area contributed by atoms with Crippen molar-refractivity contribution in [2.75, 3.05) is 5.88 Å². The van der Waals surface area contributed by atoms with Crippen molar-refractivity contribution in [3.05, 3.63) is 35.4 Å². The molecule has 1 aromatic rings. The SMILES string of the molecule is CCC(CCl)NC(=O)Cc1ccccc1C. The predicted molar refractivity (Wildman–Crippen MR) is 67.8 cm³/mol. The maximum Gasteiger partial charge on any atom is 0.224 e. The first-order valence-corrected chi connectivity index (χ1v) is 6.10. The second kappa shape index (κ2) is 6.54. The van der Waals surface area contributed by atoms with E-state index >= 15 is 0 Å². The number of carbonyl (C=O) groups is 1. The molecule has 2 nitrogen and oxygen atoms in total. The summed E-state index contributed by atoms with van der Waals surface area (Å²) < 4.78 is 0. The summed E-state index contributed by atoms with van der Waals surface area (Å²) >= 11 is 5.73. The van der Waals surface area contributed by atoms with Crippen molar-refractivity contribution in [2.45, 2.75) is 32.7 Å². The second-order valence-electron chi connectivity index (χ2n) is 3.93. The van der Waals surface area contributed by atoms with Gasteiger partial charge < -0.3 is 5.32 Å². The number of halogens is 1. The van der Waals surface area contributed by atoms with Crippen molar-refractivity contribution in [1.82, 2.24) is 5.32 Å². The Hall–Kier alpha value is -1.02. The zero-order valence-electron chi connectivity index (χ0n) is 9.79. The molecule has 0 aromatic heterocycles. The van der Waals surface area contributed by atoms with Gasteiger partial charge in [0.05, 0.1) is 6.42 Å². The number of amides is 1. The van der Waals surface area contributed by atoms with E-state index in [4.69, 9.17) is 11.6 Å². The Morgan fingerprint density at radius 2 is 2.12 bits per heavy atom. The van der Waals surface area contributed by atoms with E-state index in [0.717, 1.165) is 17.5 Å². The zero-order valence-corrected chi connectivity index (χ0v) is 10.6. The number of nitrogens with one attached hydrogen (secondary N) is 1. The molecule has 1 unspecified atom stereocenters. The zero-order chi connectivity index (χ0) is 12.0. The molecule has 1 amide bonds. The van der Waals surface area contributed by atoms with Crippen LogP contribution >= 0.6 is 11.6 Å². The Kier molecular flexibility index (Phi) is 5.33. The van der Waals surface area contributed by atoms with Crippen LogP contribution in [0.15, 0.2) is 24.3 Å². The first-order chi connectivity index (χ1) is 7.67. The molecule has 0 heterocycles. The van der Waals surface area contributed by atoms with E-state index in [1.165, 1.54) is 0 Å². The van der Waals surface area contributed by atoms with Crippen LogP contribution in [0.1, 0.15) is 24.5 Å². The third kappa shape index (κ3) is 3.86. The summed E-state index contributed by atoms with van der Waals surface area (Å²) in [5, 5.41) is 2.92. The van der Waals surface area contributed by atoms with Crippen molar-refractivity contribution in [2.24, 2.45) is 0 Å². The first kappa shape index (κ1) is 13.0. The topological polar surface area (TPSA) is 29.1 Å². The van der Waals surface area contributed by atoms with Crippen LogP contribution in [0.2, 0.25) is 0 Å². The fraction of sp³-hybridized carbons (Fsp3) is 0.462. The Bertz CT molecular complexity index is 348. The molecule has 0 aliphatic rings. The summed E-state index contributed by atoms with van der Waals surface area (Å²) in [6.45, 7) is 4.03. The van der Waals surface area contributed by atoms with E-state index < -0.39 is 0 Å². The van der Waals surface area contributed by atoms with Gasteiger partial charge in [-0.1, -0.05) is 31.2 Å². The Morgan fingerprint density at radius 3 is 2.69 bits per heavy atom. The Morgan fingerprint density at radius 1 is 1.44 bits per heavy atom. The number of rotatable bonds is 5. The third-order valence-electron chi connectivity index (χ3n) is 2.66. The van der Waals surface area contributed by atoms with Gasteiger partial charge in [0.25, 0.3) is 0 Å². The van der Waals surface area contributed by atoms with E-state index in [0.29, 0.717) is 12.3 Å². The lowest BCUT2D eigenvalue weighted by atomic mass is 10.1. The lowest BCUT2D eigenvalue weighted by Crippen LogP contribution is -2.36. The van der Waals surface area contributed by atoms with Gasteiger partial charge in [0.2, 0.25) is 5.91 Å². The number of aryl methyl sites for hydroxylation is 1. The van der Waals surface area contributed by atoms with Crippen LogP contribution in [0, 0.1) is 6.92 Å². The molecule has 0 aliphatic carbocycles. The molecule has 0 radical (unpaired) electrons. The van der Waals surface area contributed by atoms with Crippen LogP contribution in [-0.2, 0) is 11.2 Å². The number of alkyl halides is 1. The van der Waals surface area contributed by atoms with E-state index in [1.807, 2.05) is 38.1 Å². The normalized spacial score (nSPS) is 12.2. The molecule has 16 heavy (non-hydrogen) atoms. The molecule has 88 valence electrons. The third-order valence-corrected chi connectivity index (χ3v) is 3.03. The van der Waals surface area contributed by atoms with Gasteiger partial charge in [-0.3, -0.25) is 4.79 Å². The molecule has 0 saturated carbocycles. The summed E-state index contributed by atoms with van der Waals surface area (Å²) in [6, 6.07) is 8.01. The fourth-order valence-corrected chi connectivity index (χ4v) is 1.81. The molecule has 0 saturated heterocycles. The minimum absolute atomic E-state index is 0.0433. The number of carbonyl (C=O) groups excluding carboxylic acids is 1. The predicted octanol–water partition coefficient (Wildman–Crippen LogP) is 2.67. The van der Waals surface area contributed by atoms with Crippen LogP contribution in [0.4, 0.5) is 0 Å². The van der Waals surface area contributed by atoms with Crippen molar-refractivity contribution in [1.29, 1.82) is 0 Å². The van der Waals surface area contributed by atoms with Crippen LogP contribution < -0.4 is 5.32 Å². The van der Waals surface area contributed by atoms with Crippen LogP contribution in [-0.4, -0.2) is 17.8 Å². The van der Waals surface area contributed by atoms with Gasteiger partial charge in [0, 0.05) is 11.9 Å². The minimum Gasteiger partial charge on any atom is -0.352 e. The highest BCUT2D eigenvalue weighted by molar-refractivity contribution is 6.18. The maximum atomic E-state index is 11.7. The molecule has 0 aliphatic heterocycles. The van der Waals surface area contributed by atoms with Crippen molar-refractivity contribution in [3.8, 4) is 0 Å². The summed E-state index contributed by atoms with van der Waals surface area (Å²) in [5.74, 6) is 0.512. The molecular formula is C13H18ClNO. The van der Waals surface area contributed by atoms with Gasteiger partial charge in [-0.2, -0.15) is 0 Å². The highest BCUT2D eigenvalue weighted by Crippen LogP contribution is 2.07. The molecule has 1 atom stereocenters. The maximum absolute atomic E-state index is 11.7. The number of benzene rings is 1. The summed E-state index contributed by atoms with van der Waals surface area (Å²) in [7, 11) is 0. The highest BCUT2D eigenvalue weighted by Gasteiger charge is 2.10. The van der Waals surface area contributed by atoms with E-state index in [1.54, 1.807) is 0 Å². The van der Waals surface area contributed by atoms with E-state index in [-0.39, 0.29) is 11.9 Å². The largest absolute Gasteiger partial charge is 0.352 e. The van der Waals surface area contributed by atoms with Crippen molar-refractivity contribution >= 4 is 17.5 Å². The summed E-state index contributed by atoms with van der Waals surface area (Å²) in [5.41, 5.74) is 2.22. The van der Waals surface area contributed by atoms with E-state index in [9.17, 15) is 4.79 Å². The van der Waals surface area contributed by atoms with Crippen LogP contribution in [0.3, 0.4) is 0 Å². The quantitative estimate of drug-likeness (QED) is 0.787. The van der Waals surface area contributed by atoms with Gasteiger partial charge in [0.15, 0.2) is 0 Å². The standard InChI is InChI=1S/C13H18ClNO/c1-3-12(9-14)15-13(16)8-11-7-5-4-6-10(11)2/h4-7,12H,3,8-9H2,1-2H3,(H,15,16). The van der Waals surface area contributed by atoms with Crippen molar-refractivity contribution in [3.63, 3.8) is 0 Å². The van der Waals surface area contributed by atoms with Crippen molar-refractivity contribution < 1.29 is 4.79 Å². The van der Waals surface area contributed by atoms with Gasteiger partial charge >= 0.3 is 0 Å². The number of hydrogen-bond donors (Lipinski definition) is 1. The second-order valence-corrected chi connectivity index (χ2v) is 4.24. The minimum atomic E-state index is 0.0433. The Labute approximate surface area is 102 Å². The first-order valence-electron chi connectivity index (χ1n) is 5.57. The van der Waals surface area contributed by atoms with Gasteiger partial charge in [-0.05, 0) is 24.5 Å². The highest BCUT2D eigenvalue weighted by atomic mass is 35.5. The van der Waals surface area contributed by atoms with Gasteiger partial charge in [-0.25, -0.2) is 0 Å². The average Bonchev–Trinajstić information content (AvgIpc) is 2.29. The fourth-order valence-electron chi connectivity index (χ4n) is 1.51. The summed E-state index contributed by atoms with van der Waals surface area (Å²) in [4.78, 5) is 11.7. The van der Waals surface area contributed by atoms with Gasteiger partial charge in [0.1, 0.15) is 0 Å². The Balaban J connectivity index is 2.55. The molecule has 1 N–H and O–H groups in total. The van der Waals surface area contributed by atoms with Crippen LogP contribution in [0.25, 0.3) is 0 Å². The summed E-state index contributed by atoms with van der Waals surface area (Å²) in [6.07, 6.45) is 1.29. The smallest absolute Gasteiger partial charge is 0.224 e. The average molecular weight is 240 g/mol. The van der Waals surface area contributed by atoms with E-state index in [2.05, 4.69) is 5.32 Å². The number of hydrogen-bond acceptors (Lipinski definition) is 1. The monoisotopic (exact) mass is 239 g/mol. The van der Waals surface area contributed by atoms with Crippen LogP contribution in [0.5, 0.6) is 0 Å². The molecule has 0 spiro atoms. The van der Waals surface area contributed by atoms with Gasteiger partial charge in [-0.15, -0.1) is 11.6 Å². The molecule has 3 heteroatoms. The molecule has 0 bridgehead atoms.